The molecule has 0 spiro atoms. The molecule has 0 atom stereocenters. The predicted octanol–water partition coefficient (Wildman–Crippen LogP) is 1.95. The van der Waals surface area contributed by atoms with E-state index in [9.17, 15) is 5.11 Å². The Hall–Kier alpha value is -0.480. The number of hydrogen-bond acceptors (Lipinski definition) is 1. The molecule has 1 N–H and O–H groups in total. The van der Waals surface area contributed by atoms with Gasteiger partial charge in [-0.15, -0.1) is 5.92 Å². The van der Waals surface area contributed by atoms with Crippen LogP contribution in [0.5, 0.6) is 0 Å². The molecule has 0 aromatic heterocycles. The topological polar surface area (TPSA) is 20.2 Å². The van der Waals surface area contributed by atoms with Crippen molar-refractivity contribution in [3.8, 4) is 11.8 Å². The van der Waals surface area contributed by atoms with Gasteiger partial charge in [-0.1, -0.05) is 12.8 Å². The van der Waals surface area contributed by atoms with Crippen LogP contribution in [0.2, 0.25) is 0 Å². The minimum Gasteiger partial charge on any atom is -0.378 e. The first kappa shape index (κ1) is 8.62. The first-order valence-corrected chi connectivity index (χ1v) is 4.32. The molecule has 1 nitrogen and oxygen atoms in total. The highest BCUT2D eigenvalue weighted by Crippen LogP contribution is 2.30. The average molecular weight is 152 g/mol. The third-order valence-electron chi connectivity index (χ3n) is 2.46. The van der Waals surface area contributed by atoms with Crippen LogP contribution in [0.1, 0.15) is 39.5 Å². The van der Waals surface area contributed by atoms with Crippen LogP contribution >= 0.6 is 0 Å². The van der Waals surface area contributed by atoms with Crippen LogP contribution in [-0.2, 0) is 0 Å². The van der Waals surface area contributed by atoms with Gasteiger partial charge in [0.2, 0.25) is 0 Å². The second-order valence-electron chi connectivity index (χ2n) is 3.59. The molecule has 0 amide bonds. The Labute approximate surface area is 68.8 Å². The molecule has 0 aromatic carbocycles. The highest BCUT2D eigenvalue weighted by Gasteiger charge is 2.29. The van der Waals surface area contributed by atoms with Crippen molar-refractivity contribution in [2.45, 2.75) is 45.1 Å². The summed E-state index contributed by atoms with van der Waals surface area (Å²) >= 11 is 0. The quantitative estimate of drug-likeness (QED) is 0.526. The minimum atomic E-state index is -0.652. The summed E-state index contributed by atoms with van der Waals surface area (Å²) in [5, 5.41) is 9.82. The van der Waals surface area contributed by atoms with E-state index in [-0.39, 0.29) is 0 Å². The maximum absolute atomic E-state index is 9.82. The van der Waals surface area contributed by atoms with E-state index >= 15 is 0 Å². The highest BCUT2D eigenvalue weighted by molar-refractivity contribution is 5.13. The third-order valence-corrected chi connectivity index (χ3v) is 2.46. The predicted molar refractivity (Wildman–Crippen MR) is 46.0 cm³/mol. The Morgan fingerprint density at radius 1 is 1.36 bits per heavy atom. The molecule has 1 fully saturated rings. The molecule has 0 saturated heterocycles. The lowest BCUT2D eigenvalue weighted by Gasteiger charge is -2.30. The van der Waals surface area contributed by atoms with Gasteiger partial charge in [-0.2, -0.15) is 0 Å². The molecular formula is C10H16O. The number of hydrogen-bond donors (Lipinski definition) is 1. The van der Waals surface area contributed by atoms with Crippen molar-refractivity contribution < 1.29 is 5.11 Å². The summed E-state index contributed by atoms with van der Waals surface area (Å²) < 4.78 is 0. The molecule has 0 aliphatic heterocycles. The van der Waals surface area contributed by atoms with Crippen molar-refractivity contribution in [1.82, 2.24) is 0 Å². The van der Waals surface area contributed by atoms with Crippen molar-refractivity contribution >= 4 is 0 Å². The Bertz CT molecular complexity index is 177. The van der Waals surface area contributed by atoms with Crippen LogP contribution in [0.4, 0.5) is 0 Å². The zero-order chi connectivity index (χ0) is 8.32. The summed E-state index contributed by atoms with van der Waals surface area (Å²) in [6, 6.07) is 0. The summed E-state index contributed by atoms with van der Waals surface area (Å²) in [4.78, 5) is 0. The van der Waals surface area contributed by atoms with E-state index in [2.05, 4.69) is 18.8 Å². The lowest BCUT2D eigenvalue weighted by Crippen LogP contribution is -2.31. The molecule has 62 valence electrons. The van der Waals surface area contributed by atoms with Gasteiger partial charge in [0.05, 0.1) is 0 Å². The maximum Gasteiger partial charge on any atom is 0.125 e. The standard InChI is InChI=1S/C10H16O/c1-3-6-10(11)7-4-9(2)5-8-10/h9,11H,4-5,7-8H2,1-2H3. The zero-order valence-electron chi connectivity index (χ0n) is 7.35. The van der Waals surface area contributed by atoms with Crippen LogP contribution < -0.4 is 0 Å². The fourth-order valence-electron chi connectivity index (χ4n) is 1.60. The Morgan fingerprint density at radius 2 is 1.91 bits per heavy atom. The van der Waals surface area contributed by atoms with Crippen molar-refractivity contribution in [2.24, 2.45) is 5.92 Å². The van der Waals surface area contributed by atoms with Crippen LogP contribution in [0.3, 0.4) is 0 Å². The fourth-order valence-corrected chi connectivity index (χ4v) is 1.60. The summed E-state index contributed by atoms with van der Waals surface area (Å²) in [5.41, 5.74) is -0.652. The monoisotopic (exact) mass is 152 g/mol. The van der Waals surface area contributed by atoms with E-state index in [1.807, 2.05) is 0 Å². The van der Waals surface area contributed by atoms with Gasteiger partial charge in [-0.3, -0.25) is 0 Å². The Morgan fingerprint density at radius 3 is 2.36 bits per heavy atom. The van der Waals surface area contributed by atoms with Gasteiger partial charge >= 0.3 is 0 Å². The SMILES string of the molecule is CC#CC1(O)CCC(C)CC1. The van der Waals surface area contributed by atoms with Crippen molar-refractivity contribution in [1.29, 1.82) is 0 Å². The van der Waals surface area contributed by atoms with Crippen LogP contribution in [-0.4, -0.2) is 10.7 Å². The second kappa shape index (κ2) is 3.28. The largest absolute Gasteiger partial charge is 0.378 e. The van der Waals surface area contributed by atoms with E-state index in [1.165, 1.54) is 0 Å². The average Bonchev–Trinajstić information content (AvgIpc) is 1.97. The fraction of sp³-hybridized carbons (Fsp3) is 0.800. The highest BCUT2D eigenvalue weighted by atomic mass is 16.3. The van der Waals surface area contributed by atoms with Crippen molar-refractivity contribution in [2.75, 3.05) is 0 Å². The van der Waals surface area contributed by atoms with Crippen LogP contribution in [0.25, 0.3) is 0 Å². The smallest absolute Gasteiger partial charge is 0.125 e. The van der Waals surface area contributed by atoms with E-state index in [4.69, 9.17) is 0 Å². The summed E-state index contributed by atoms with van der Waals surface area (Å²) in [6.45, 7) is 4.02. The lowest BCUT2D eigenvalue weighted by molar-refractivity contribution is 0.0471. The lowest BCUT2D eigenvalue weighted by atomic mass is 9.80. The van der Waals surface area contributed by atoms with Gasteiger partial charge < -0.3 is 5.11 Å². The van der Waals surface area contributed by atoms with E-state index in [0.717, 1.165) is 31.6 Å². The van der Waals surface area contributed by atoms with E-state index < -0.39 is 5.60 Å². The van der Waals surface area contributed by atoms with Gasteiger partial charge in [0.15, 0.2) is 0 Å². The molecular weight excluding hydrogens is 136 g/mol. The molecule has 0 unspecified atom stereocenters. The van der Waals surface area contributed by atoms with Crippen molar-refractivity contribution in [3.63, 3.8) is 0 Å². The molecule has 0 radical (unpaired) electrons. The maximum atomic E-state index is 9.82. The molecule has 0 bridgehead atoms. The number of rotatable bonds is 0. The van der Waals surface area contributed by atoms with Gasteiger partial charge in [-0.25, -0.2) is 0 Å². The summed E-state index contributed by atoms with van der Waals surface area (Å²) in [5.74, 6) is 6.45. The van der Waals surface area contributed by atoms with Gasteiger partial charge in [0.25, 0.3) is 0 Å². The van der Waals surface area contributed by atoms with Crippen LogP contribution in [0, 0.1) is 17.8 Å². The summed E-state index contributed by atoms with van der Waals surface area (Å²) in [7, 11) is 0. The minimum absolute atomic E-state index is 0.652. The third kappa shape index (κ3) is 2.24. The number of aliphatic hydroxyl groups is 1. The first-order chi connectivity index (χ1) is 5.16. The first-order valence-electron chi connectivity index (χ1n) is 4.32. The molecule has 1 heteroatoms. The zero-order valence-corrected chi connectivity index (χ0v) is 7.35. The normalized spacial score (nSPS) is 37.5. The van der Waals surface area contributed by atoms with E-state index in [0.29, 0.717) is 0 Å². The second-order valence-corrected chi connectivity index (χ2v) is 3.59. The molecule has 1 aliphatic rings. The van der Waals surface area contributed by atoms with E-state index in [1.54, 1.807) is 6.92 Å². The molecule has 0 aromatic rings. The molecule has 1 saturated carbocycles. The van der Waals surface area contributed by atoms with Gasteiger partial charge in [0.1, 0.15) is 5.60 Å². The molecule has 11 heavy (non-hydrogen) atoms. The van der Waals surface area contributed by atoms with Gasteiger partial charge in [0, 0.05) is 0 Å². The van der Waals surface area contributed by atoms with Gasteiger partial charge in [-0.05, 0) is 38.5 Å². The Balaban J connectivity index is 2.52. The molecule has 1 aliphatic carbocycles. The Kier molecular flexibility index (Phi) is 2.57. The molecule has 0 heterocycles. The summed E-state index contributed by atoms with van der Waals surface area (Å²) in [6.07, 6.45) is 3.94. The van der Waals surface area contributed by atoms with Crippen LogP contribution in [0.15, 0.2) is 0 Å². The molecule has 1 rings (SSSR count). The van der Waals surface area contributed by atoms with Crippen molar-refractivity contribution in [3.05, 3.63) is 0 Å².